The number of carbonyl (C=O) groups is 2. The van der Waals surface area contributed by atoms with Crippen LogP contribution in [0.4, 0.5) is 0 Å². The standard InChI is InChI=1S/C12H12N2OS.C10H19NO2.K.H2N/c1-9-12(16-8-14-9)11-4-2-10(3-5-11)6-13-7-15;1-10(2,3)6-9(13)11-5-4-8(12)7-11;;/h2-5,7-8H,6H2,1H3,(H,13,15);8,12H,4-7H2,1-3H3;;1H2/q;;+1;-1. The van der Waals surface area contributed by atoms with Gasteiger partial charge in [0, 0.05) is 26.1 Å². The van der Waals surface area contributed by atoms with Gasteiger partial charge in [-0.3, -0.25) is 9.59 Å². The van der Waals surface area contributed by atoms with Crippen molar-refractivity contribution < 1.29 is 66.1 Å². The Bertz CT molecular complexity index is 806. The number of nitrogens with two attached hydrogens (primary N) is 1. The number of likely N-dealkylation sites (tertiary alicyclic amines) is 1. The second kappa shape index (κ2) is 14.5. The van der Waals surface area contributed by atoms with Crippen molar-refractivity contribution in [2.24, 2.45) is 5.41 Å². The molecule has 1 aliphatic rings. The summed E-state index contributed by atoms with van der Waals surface area (Å²) < 4.78 is 0. The summed E-state index contributed by atoms with van der Waals surface area (Å²) in [6.07, 6.45) is 1.71. The van der Waals surface area contributed by atoms with Crippen molar-refractivity contribution in [1.29, 1.82) is 0 Å². The molecule has 1 saturated heterocycles. The maximum absolute atomic E-state index is 11.6. The van der Waals surface area contributed by atoms with Crippen LogP contribution in [-0.4, -0.2) is 46.5 Å². The van der Waals surface area contributed by atoms with Gasteiger partial charge in [-0.1, -0.05) is 45.0 Å². The first kappa shape index (κ1) is 30.3. The molecule has 0 aliphatic carbocycles. The third-order valence-electron chi connectivity index (χ3n) is 4.55. The smallest absolute Gasteiger partial charge is 0.693 e. The van der Waals surface area contributed by atoms with Crippen molar-refractivity contribution in [1.82, 2.24) is 15.2 Å². The first-order valence-corrected chi connectivity index (χ1v) is 10.7. The number of aliphatic hydroxyl groups is 1. The Morgan fingerprint density at radius 2 is 1.97 bits per heavy atom. The fraction of sp³-hybridized carbons (Fsp3) is 0.500. The Morgan fingerprint density at radius 3 is 2.42 bits per heavy atom. The topological polar surface area (TPSA) is 116 Å². The Balaban J connectivity index is 0.000000557. The number of nitrogens with zero attached hydrogens (tertiary/aromatic N) is 2. The molecule has 2 amide bonds. The summed E-state index contributed by atoms with van der Waals surface area (Å²) in [5.74, 6) is 0.170. The number of aromatic nitrogens is 1. The van der Waals surface area contributed by atoms with Crippen LogP contribution in [0.25, 0.3) is 16.6 Å². The molecule has 1 aromatic heterocycles. The van der Waals surface area contributed by atoms with Crippen LogP contribution in [0.5, 0.6) is 0 Å². The number of thiazole rings is 1. The number of β-amino-alcohol motifs (C(OH)–C–C–N with tert-alkyl or cyclic N) is 1. The van der Waals surface area contributed by atoms with E-state index in [2.05, 4.69) is 43.2 Å². The minimum atomic E-state index is -0.302. The molecule has 1 atom stereocenters. The molecule has 1 aliphatic heterocycles. The van der Waals surface area contributed by atoms with E-state index in [4.69, 9.17) is 0 Å². The van der Waals surface area contributed by atoms with E-state index in [-0.39, 0.29) is 75.0 Å². The van der Waals surface area contributed by atoms with Gasteiger partial charge in [-0.05, 0) is 29.9 Å². The largest absolute Gasteiger partial charge is 1.00 e. The molecule has 2 aromatic rings. The minimum absolute atomic E-state index is 0. The van der Waals surface area contributed by atoms with Crippen molar-refractivity contribution >= 4 is 23.7 Å². The summed E-state index contributed by atoms with van der Waals surface area (Å²) in [4.78, 5) is 29.0. The van der Waals surface area contributed by atoms with Gasteiger partial charge in [0.2, 0.25) is 12.3 Å². The van der Waals surface area contributed by atoms with Crippen molar-refractivity contribution in [3.05, 3.63) is 47.2 Å². The SMILES string of the molecule is CC(C)(C)CC(=O)N1CCC(O)C1.Cc1ncsc1-c1ccc(CNC=O)cc1.[K+].[NH2-]. The van der Waals surface area contributed by atoms with Crippen molar-refractivity contribution in [3.8, 4) is 10.4 Å². The van der Waals surface area contributed by atoms with Crippen LogP contribution in [0.15, 0.2) is 29.8 Å². The summed E-state index contributed by atoms with van der Waals surface area (Å²) in [5.41, 5.74) is 5.23. The summed E-state index contributed by atoms with van der Waals surface area (Å²) in [6.45, 7) is 9.98. The Hall–Kier alpha value is -0.654. The number of rotatable bonds is 5. The number of aliphatic hydroxyl groups excluding tert-OH is 1. The monoisotopic (exact) mass is 472 g/mol. The minimum Gasteiger partial charge on any atom is -0.693 e. The van der Waals surface area contributed by atoms with Crippen molar-refractivity contribution in [3.63, 3.8) is 0 Å². The number of carbonyl (C=O) groups excluding carboxylic acids is 2. The van der Waals surface area contributed by atoms with E-state index in [1.807, 2.05) is 24.6 Å². The quantitative estimate of drug-likeness (QED) is 0.501. The maximum Gasteiger partial charge on any atom is 1.00 e. The Labute approximate surface area is 232 Å². The zero-order valence-electron chi connectivity index (χ0n) is 19.2. The van der Waals surface area contributed by atoms with Crippen LogP contribution in [0.3, 0.4) is 0 Å². The molecule has 0 radical (unpaired) electrons. The average Bonchev–Trinajstić information content (AvgIpc) is 3.28. The number of amides is 2. The van der Waals surface area contributed by atoms with Crippen LogP contribution >= 0.6 is 11.3 Å². The molecule has 31 heavy (non-hydrogen) atoms. The number of aryl methyl sites for hydroxylation is 1. The number of hydrogen-bond acceptors (Lipinski definition) is 5. The second-order valence-corrected chi connectivity index (χ2v) is 9.34. The first-order chi connectivity index (χ1) is 13.7. The maximum atomic E-state index is 11.6. The first-order valence-electron chi connectivity index (χ1n) is 9.82. The van der Waals surface area contributed by atoms with E-state index in [1.165, 1.54) is 10.4 Å². The summed E-state index contributed by atoms with van der Waals surface area (Å²) in [7, 11) is 0. The van der Waals surface area contributed by atoms with Crippen molar-refractivity contribution in [2.75, 3.05) is 13.1 Å². The third-order valence-corrected chi connectivity index (χ3v) is 5.53. The Morgan fingerprint density at radius 1 is 1.32 bits per heavy atom. The van der Waals surface area contributed by atoms with Crippen LogP contribution in [0.2, 0.25) is 0 Å². The summed E-state index contributed by atoms with van der Waals surface area (Å²) >= 11 is 1.64. The Kier molecular flexibility index (Phi) is 14.2. The van der Waals surface area contributed by atoms with E-state index in [1.54, 1.807) is 16.2 Å². The molecule has 9 heteroatoms. The molecule has 7 nitrogen and oxygen atoms in total. The van der Waals surface area contributed by atoms with Crippen LogP contribution in [0.1, 0.15) is 44.9 Å². The van der Waals surface area contributed by atoms with Crippen LogP contribution in [-0.2, 0) is 16.1 Å². The molecule has 3 rings (SSSR count). The predicted molar refractivity (Wildman–Crippen MR) is 122 cm³/mol. The van der Waals surface area contributed by atoms with Crippen LogP contribution < -0.4 is 56.7 Å². The molecular weight excluding hydrogens is 439 g/mol. The van der Waals surface area contributed by atoms with Gasteiger partial charge < -0.3 is 21.5 Å². The molecule has 0 spiro atoms. The van der Waals surface area contributed by atoms with E-state index < -0.39 is 0 Å². The number of hydrogen-bond donors (Lipinski definition) is 2. The molecule has 4 N–H and O–H groups in total. The zero-order chi connectivity index (χ0) is 21.4. The predicted octanol–water partition coefficient (Wildman–Crippen LogP) is 1.10. The van der Waals surface area contributed by atoms with E-state index in [0.717, 1.165) is 24.2 Å². The van der Waals surface area contributed by atoms with Gasteiger partial charge in [0.15, 0.2) is 0 Å². The zero-order valence-corrected chi connectivity index (χ0v) is 23.2. The van der Waals surface area contributed by atoms with Gasteiger partial charge in [0.25, 0.3) is 0 Å². The molecule has 1 fully saturated rings. The molecule has 0 saturated carbocycles. The fourth-order valence-corrected chi connectivity index (χ4v) is 3.86. The summed E-state index contributed by atoms with van der Waals surface area (Å²) in [6, 6.07) is 8.15. The number of benzene rings is 1. The van der Waals surface area contributed by atoms with Gasteiger partial charge in [-0.2, -0.15) is 0 Å². The van der Waals surface area contributed by atoms with E-state index in [9.17, 15) is 14.7 Å². The average molecular weight is 473 g/mol. The van der Waals surface area contributed by atoms with Gasteiger partial charge in [-0.15, -0.1) is 11.3 Å². The molecule has 166 valence electrons. The van der Waals surface area contributed by atoms with E-state index in [0.29, 0.717) is 25.9 Å². The molecule has 1 unspecified atom stereocenters. The van der Waals surface area contributed by atoms with Crippen LogP contribution in [0, 0.1) is 12.3 Å². The molecule has 1 aromatic carbocycles. The normalized spacial score (nSPS) is 15.1. The second-order valence-electron chi connectivity index (χ2n) is 8.48. The van der Waals surface area contributed by atoms with Gasteiger partial charge in [0.05, 0.1) is 22.2 Å². The third kappa shape index (κ3) is 10.7. The molecule has 2 heterocycles. The molecule has 0 bridgehead atoms. The van der Waals surface area contributed by atoms with E-state index >= 15 is 0 Å². The number of nitrogens with one attached hydrogen (secondary N) is 1. The van der Waals surface area contributed by atoms with Crippen molar-refractivity contribution in [2.45, 2.75) is 53.2 Å². The fourth-order valence-electron chi connectivity index (χ4n) is 3.05. The van der Waals surface area contributed by atoms with Gasteiger partial charge >= 0.3 is 51.4 Å². The van der Waals surface area contributed by atoms with Gasteiger partial charge in [0.1, 0.15) is 0 Å². The summed E-state index contributed by atoms with van der Waals surface area (Å²) in [5, 5.41) is 11.9. The molecular formula is C22H33KN4O3S. The van der Waals surface area contributed by atoms with Gasteiger partial charge in [-0.25, -0.2) is 4.98 Å².